The number of fused-ring (bicyclic) bond motifs is 2. The molecule has 6 atom stereocenters. The van der Waals surface area contributed by atoms with E-state index >= 15 is 0 Å². The highest BCUT2D eigenvalue weighted by molar-refractivity contribution is 5.83. The molecule has 2 aliphatic rings. The molecule has 6 unspecified atom stereocenters. The second-order valence-corrected chi connectivity index (χ2v) is 5.38. The molecule has 2 fully saturated rings. The number of ether oxygens (including phenoxy) is 2. The summed E-state index contributed by atoms with van der Waals surface area (Å²) in [6.45, 7) is 4.33. The maximum atomic E-state index is 11.9. The second kappa shape index (κ2) is 4.31. The standard InChI is InChI=1S/C13H20O4/c1-6-7(2)9-5-8(6)10(12(14)16-3)11(9)13(15)17-4/h6-11H,5H2,1-4H3. The number of carbonyl (C=O) groups excluding carboxylic acids is 2. The first-order valence-electron chi connectivity index (χ1n) is 6.18. The van der Waals surface area contributed by atoms with Gasteiger partial charge in [0, 0.05) is 0 Å². The third-order valence-corrected chi connectivity index (χ3v) is 4.98. The zero-order valence-electron chi connectivity index (χ0n) is 10.8. The number of carbonyl (C=O) groups is 2. The van der Waals surface area contributed by atoms with E-state index in [0.717, 1.165) is 6.42 Å². The fourth-order valence-corrected chi connectivity index (χ4v) is 3.92. The normalized spacial score (nSPS) is 43.5. The zero-order chi connectivity index (χ0) is 12.7. The lowest BCUT2D eigenvalue weighted by Gasteiger charge is -2.35. The van der Waals surface area contributed by atoms with Crippen molar-refractivity contribution in [1.82, 2.24) is 0 Å². The van der Waals surface area contributed by atoms with E-state index in [9.17, 15) is 9.59 Å². The highest BCUT2D eigenvalue weighted by atomic mass is 16.5. The molecule has 96 valence electrons. The maximum Gasteiger partial charge on any atom is 0.309 e. The molecule has 17 heavy (non-hydrogen) atoms. The Morgan fingerprint density at radius 2 is 1.24 bits per heavy atom. The molecule has 0 amide bonds. The van der Waals surface area contributed by atoms with Gasteiger partial charge >= 0.3 is 11.9 Å². The zero-order valence-corrected chi connectivity index (χ0v) is 10.8. The van der Waals surface area contributed by atoms with Crippen LogP contribution in [-0.2, 0) is 19.1 Å². The van der Waals surface area contributed by atoms with Gasteiger partial charge in [-0.2, -0.15) is 0 Å². The summed E-state index contributed by atoms with van der Waals surface area (Å²) < 4.78 is 9.70. The quantitative estimate of drug-likeness (QED) is 0.686. The highest BCUT2D eigenvalue weighted by Crippen LogP contribution is 2.58. The molecule has 0 aromatic heterocycles. The summed E-state index contributed by atoms with van der Waals surface area (Å²) in [6, 6.07) is 0. The Bertz CT molecular complexity index is 306. The summed E-state index contributed by atoms with van der Waals surface area (Å²) in [7, 11) is 2.77. The van der Waals surface area contributed by atoms with Crippen LogP contribution in [0.3, 0.4) is 0 Å². The smallest absolute Gasteiger partial charge is 0.309 e. The van der Waals surface area contributed by atoms with Crippen molar-refractivity contribution < 1.29 is 19.1 Å². The van der Waals surface area contributed by atoms with Crippen molar-refractivity contribution in [3.63, 3.8) is 0 Å². The summed E-state index contributed by atoms with van der Waals surface area (Å²) in [5.74, 6) is 0.374. The van der Waals surface area contributed by atoms with Crippen LogP contribution in [0, 0.1) is 35.5 Å². The molecule has 0 radical (unpaired) electrons. The number of hydrogen-bond acceptors (Lipinski definition) is 4. The van der Waals surface area contributed by atoms with Gasteiger partial charge in [-0.1, -0.05) is 13.8 Å². The van der Waals surface area contributed by atoms with Crippen LogP contribution >= 0.6 is 0 Å². The lowest BCUT2D eigenvalue weighted by molar-refractivity contribution is -0.162. The van der Waals surface area contributed by atoms with E-state index in [0.29, 0.717) is 11.8 Å². The predicted molar refractivity (Wildman–Crippen MR) is 60.9 cm³/mol. The minimum Gasteiger partial charge on any atom is -0.469 e. The lowest BCUT2D eigenvalue weighted by Crippen LogP contribution is -2.41. The monoisotopic (exact) mass is 240 g/mol. The Morgan fingerprint density at radius 3 is 1.53 bits per heavy atom. The molecule has 0 heterocycles. The van der Waals surface area contributed by atoms with Gasteiger partial charge in [0.25, 0.3) is 0 Å². The Hall–Kier alpha value is -1.06. The maximum absolute atomic E-state index is 11.9. The summed E-state index contributed by atoms with van der Waals surface area (Å²) in [4.78, 5) is 23.7. The Kier molecular flexibility index (Phi) is 3.15. The SMILES string of the molecule is COC(=O)C1C2CC(C(C)C2C)C1C(=O)OC. The van der Waals surface area contributed by atoms with Crippen molar-refractivity contribution in [2.75, 3.05) is 14.2 Å². The van der Waals surface area contributed by atoms with E-state index in [1.54, 1.807) is 0 Å². The van der Waals surface area contributed by atoms with Crippen molar-refractivity contribution >= 4 is 11.9 Å². The van der Waals surface area contributed by atoms with E-state index in [1.807, 2.05) is 0 Å². The molecule has 0 spiro atoms. The van der Waals surface area contributed by atoms with Gasteiger partial charge < -0.3 is 9.47 Å². The number of rotatable bonds is 2. The molecule has 0 aromatic rings. The largest absolute Gasteiger partial charge is 0.469 e. The van der Waals surface area contributed by atoms with Crippen molar-refractivity contribution in [2.24, 2.45) is 35.5 Å². The highest BCUT2D eigenvalue weighted by Gasteiger charge is 2.60. The van der Waals surface area contributed by atoms with Gasteiger partial charge in [0.2, 0.25) is 0 Å². The first-order chi connectivity index (χ1) is 8.02. The molecular formula is C13H20O4. The van der Waals surface area contributed by atoms with Gasteiger partial charge in [0.15, 0.2) is 0 Å². The molecule has 4 heteroatoms. The Labute approximate surface area is 102 Å². The van der Waals surface area contributed by atoms with E-state index in [-0.39, 0.29) is 35.6 Å². The van der Waals surface area contributed by atoms with Crippen LogP contribution < -0.4 is 0 Å². The van der Waals surface area contributed by atoms with E-state index in [4.69, 9.17) is 9.47 Å². The van der Waals surface area contributed by atoms with Crippen molar-refractivity contribution in [3.05, 3.63) is 0 Å². The van der Waals surface area contributed by atoms with E-state index in [2.05, 4.69) is 13.8 Å². The molecule has 2 aliphatic carbocycles. The molecule has 0 saturated heterocycles. The van der Waals surface area contributed by atoms with Gasteiger partial charge in [0.1, 0.15) is 0 Å². The summed E-state index contributed by atoms with van der Waals surface area (Å²) in [6.07, 6.45) is 0.946. The van der Waals surface area contributed by atoms with Crippen LogP contribution in [0.25, 0.3) is 0 Å². The molecule has 0 aliphatic heterocycles. The van der Waals surface area contributed by atoms with Gasteiger partial charge in [-0.25, -0.2) is 0 Å². The van der Waals surface area contributed by atoms with E-state index in [1.165, 1.54) is 14.2 Å². The van der Waals surface area contributed by atoms with Gasteiger partial charge in [-0.05, 0) is 30.1 Å². The fourth-order valence-electron chi connectivity index (χ4n) is 3.92. The molecule has 2 rings (SSSR count). The number of hydrogen-bond donors (Lipinski definition) is 0. The van der Waals surface area contributed by atoms with E-state index < -0.39 is 0 Å². The average molecular weight is 240 g/mol. The van der Waals surface area contributed by atoms with Crippen LogP contribution in [0.1, 0.15) is 20.3 Å². The van der Waals surface area contributed by atoms with Crippen molar-refractivity contribution in [2.45, 2.75) is 20.3 Å². The molecule has 0 N–H and O–H groups in total. The fraction of sp³-hybridized carbons (Fsp3) is 0.846. The summed E-state index contributed by atoms with van der Waals surface area (Å²) in [5, 5.41) is 0. The Balaban J connectivity index is 2.29. The summed E-state index contributed by atoms with van der Waals surface area (Å²) in [5.41, 5.74) is 0. The van der Waals surface area contributed by atoms with Gasteiger partial charge in [-0.15, -0.1) is 0 Å². The minimum absolute atomic E-state index is 0.258. The minimum atomic E-state index is -0.302. The van der Waals surface area contributed by atoms with Crippen LogP contribution in [-0.4, -0.2) is 26.2 Å². The molecule has 0 aromatic carbocycles. The topological polar surface area (TPSA) is 52.6 Å². The van der Waals surface area contributed by atoms with Crippen LogP contribution in [0.2, 0.25) is 0 Å². The van der Waals surface area contributed by atoms with Gasteiger partial charge in [0.05, 0.1) is 26.1 Å². The first-order valence-corrected chi connectivity index (χ1v) is 6.18. The molecule has 4 nitrogen and oxygen atoms in total. The van der Waals surface area contributed by atoms with Crippen molar-refractivity contribution in [1.29, 1.82) is 0 Å². The number of esters is 2. The van der Waals surface area contributed by atoms with Crippen LogP contribution in [0.4, 0.5) is 0 Å². The predicted octanol–water partition coefficient (Wildman–Crippen LogP) is 1.49. The Morgan fingerprint density at radius 1 is 0.882 bits per heavy atom. The average Bonchev–Trinajstić information content (AvgIpc) is 2.85. The molecular weight excluding hydrogens is 220 g/mol. The lowest BCUT2D eigenvalue weighted by atomic mass is 9.69. The molecule has 2 bridgehead atoms. The van der Waals surface area contributed by atoms with Crippen LogP contribution in [0.15, 0.2) is 0 Å². The third-order valence-electron chi connectivity index (χ3n) is 4.98. The molecule has 2 saturated carbocycles. The second-order valence-electron chi connectivity index (χ2n) is 5.38. The number of methoxy groups -OCH3 is 2. The third kappa shape index (κ3) is 1.65. The first kappa shape index (κ1) is 12.4. The summed E-state index contributed by atoms with van der Waals surface area (Å²) >= 11 is 0. The van der Waals surface area contributed by atoms with Crippen molar-refractivity contribution in [3.8, 4) is 0 Å². The van der Waals surface area contributed by atoms with Crippen LogP contribution in [0.5, 0.6) is 0 Å². The van der Waals surface area contributed by atoms with Gasteiger partial charge in [-0.3, -0.25) is 9.59 Å².